The van der Waals surface area contributed by atoms with Gasteiger partial charge in [0.1, 0.15) is 0 Å². The zero-order chi connectivity index (χ0) is 15.2. The summed E-state index contributed by atoms with van der Waals surface area (Å²) in [7, 11) is 3.22. The van der Waals surface area contributed by atoms with Crippen molar-refractivity contribution in [2.24, 2.45) is 0 Å². The first-order chi connectivity index (χ1) is 10.1. The Kier molecular flexibility index (Phi) is 5.24. The lowest BCUT2D eigenvalue weighted by Gasteiger charge is -2.16. The molecule has 0 fully saturated rings. The SMILES string of the molecule is COc1ccc(CN(C)CC(=O)Nc2nccs2)cc1F. The third kappa shape index (κ3) is 4.51. The average Bonchev–Trinajstić information content (AvgIpc) is 2.91. The Morgan fingerprint density at radius 3 is 2.95 bits per heavy atom. The number of methoxy groups -OCH3 is 1. The lowest BCUT2D eigenvalue weighted by atomic mass is 10.2. The lowest BCUT2D eigenvalue weighted by molar-refractivity contribution is -0.117. The van der Waals surface area contributed by atoms with Crippen LogP contribution < -0.4 is 10.1 Å². The molecular weight excluding hydrogens is 293 g/mol. The number of hydrogen-bond donors (Lipinski definition) is 1. The molecule has 0 spiro atoms. The molecule has 21 heavy (non-hydrogen) atoms. The number of hydrogen-bond acceptors (Lipinski definition) is 5. The smallest absolute Gasteiger partial charge is 0.240 e. The van der Waals surface area contributed by atoms with E-state index in [0.717, 1.165) is 5.56 Å². The molecule has 0 aliphatic heterocycles. The van der Waals surface area contributed by atoms with Gasteiger partial charge in [0.05, 0.1) is 13.7 Å². The van der Waals surface area contributed by atoms with Crippen LogP contribution in [0.25, 0.3) is 0 Å². The van der Waals surface area contributed by atoms with Crippen molar-refractivity contribution in [1.29, 1.82) is 0 Å². The van der Waals surface area contributed by atoms with E-state index in [4.69, 9.17) is 4.74 Å². The van der Waals surface area contributed by atoms with Crippen molar-refractivity contribution in [2.75, 3.05) is 26.0 Å². The molecule has 0 saturated carbocycles. The van der Waals surface area contributed by atoms with Crippen LogP contribution in [0.3, 0.4) is 0 Å². The first kappa shape index (κ1) is 15.4. The van der Waals surface area contributed by atoms with Crippen LogP contribution in [0.2, 0.25) is 0 Å². The quantitative estimate of drug-likeness (QED) is 0.890. The number of likely N-dealkylation sites (N-methyl/N-ethyl adjacent to an activating group) is 1. The van der Waals surface area contributed by atoms with Gasteiger partial charge in [0.2, 0.25) is 5.91 Å². The van der Waals surface area contributed by atoms with Gasteiger partial charge in [-0.15, -0.1) is 11.3 Å². The van der Waals surface area contributed by atoms with Gasteiger partial charge in [-0.1, -0.05) is 6.07 Å². The van der Waals surface area contributed by atoms with Gasteiger partial charge < -0.3 is 10.1 Å². The molecule has 1 heterocycles. The molecule has 7 heteroatoms. The van der Waals surface area contributed by atoms with E-state index in [0.29, 0.717) is 11.7 Å². The van der Waals surface area contributed by atoms with E-state index in [9.17, 15) is 9.18 Å². The van der Waals surface area contributed by atoms with E-state index < -0.39 is 5.82 Å². The molecule has 2 aromatic rings. The van der Waals surface area contributed by atoms with E-state index in [1.807, 2.05) is 0 Å². The second-order valence-electron chi connectivity index (χ2n) is 4.53. The van der Waals surface area contributed by atoms with Crippen molar-refractivity contribution in [1.82, 2.24) is 9.88 Å². The van der Waals surface area contributed by atoms with Gasteiger partial charge >= 0.3 is 0 Å². The fourth-order valence-electron chi connectivity index (χ4n) is 1.86. The fraction of sp³-hybridized carbons (Fsp3) is 0.286. The van der Waals surface area contributed by atoms with Crippen molar-refractivity contribution in [3.05, 3.63) is 41.2 Å². The first-order valence-corrected chi connectivity index (χ1v) is 7.16. The van der Waals surface area contributed by atoms with Crippen molar-refractivity contribution in [2.45, 2.75) is 6.54 Å². The molecule has 5 nitrogen and oxygen atoms in total. The Hall–Kier alpha value is -1.99. The maximum Gasteiger partial charge on any atom is 0.240 e. The second-order valence-corrected chi connectivity index (χ2v) is 5.42. The van der Waals surface area contributed by atoms with Gasteiger partial charge in [0.15, 0.2) is 16.7 Å². The third-order valence-corrected chi connectivity index (χ3v) is 3.45. The highest BCUT2D eigenvalue weighted by Crippen LogP contribution is 2.18. The molecule has 0 bridgehead atoms. The Labute approximate surface area is 126 Å². The third-order valence-electron chi connectivity index (χ3n) is 2.76. The van der Waals surface area contributed by atoms with Crippen molar-refractivity contribution in [3.63, 3.8) is 0 Å². The van der Waals surface area contributed by atoms with Crippen LogP contribution >= 0.6 is 11.3 Å². The number of amides is 1. The van der Waals surface area contributed by atoms with Crippen LogP contribution in [0, 0.1) is 5.82 Å². The van der Waals surface area contributed by atoms with Crippen LogP contribution in [0.1, 0.15) is 5.56 Å². The minimum absolute atomic E-state index is 0.151. The highest BCUT2D eigenvalue weighted by Gasteiger charge is 2.10. The van der Waals surface area contributed by atoms with Crippen molar-refractivity contribution in [3.8, 4) is 5.75 Å². The van der Waals surface area contributed by atoms with Crippen LogP contribution in [-0.2, 0) is 11.3 Å². The zero-order valence-corrected chi connectivity index (χ0v) is 12.6. The summed E-state index contributed by atoms with van der Waals surface area (Å²) in [6.07, 6.45) is 1.63. The number of nitrogens with one attached hydrogen (secondary N) is 1. The highest BCUT2D eigenvalue weighted by molar-refractivity contribution is 7.13. The number of rotatable bonds is 6. The van der Waals surface area contributed by atoms with E-state index in [1.54, 1.807) is 35.7 Å². The number of anilines is 1. The summed E-state index contributed by atoms with van der Waals surface area (Å²) in [5.74, 6) is -0.347. The van der Waals surface area contributed by atoms with Crippen LogP contribution in [0.15, 0.2) is 29.8 Å². The fourth-order valence-corrected chi connectivity index (χ4v) is 2.41. The second kappa shape index (κ2) is 7.14. The molecule has 0 aliphatic carbocycles. The normalized spacial score (nSPS) is 10.7. The number of carbonyl (C=O) groups is 1. The minimum atomic E-state index is -0.407. The topological polar surface area (TPSA) is 54.5 Å². The summed E-state index contributed by atoms with van der Waals surface area (Å²) in [4.78, 5) is 17.6. The largest absolute Gasteiger partial charge is 0.494 e. The number of halogens is 1. The number of carbonyl (C=O) groups excluding carboxylic acids is 1. The highest BCUT2D eigenvalue weighted by atomic mass is 32.1. The van der Waals surface area contributed by atoms with Gasteiger partial charge in [-0.3, -0.25) is 9.69 Å². The molecular formula is C14H16FN3O2S. The van der Waals surface area contributed by atoms with Crippen LogP contribution in [0.4, 0.5) is 9.52 Å². The number of thiazole rings is 1. The van der Waals surface area contributed by atoms with Gasteiger partial charge in [0, 0.05) is 18.1 Å². The van der Waals surface area contributed by atoms with Gasteiger partial charge in [-0.2, -0.15) is 0 Å². The van der Waals surface area contributed by atoms with Crippen molar-refractivity contribution >= 4 is 22.4 Å². The summed E-state index contributed by atoms with van der Waals surface area (Å²) in [6, 6.07) is 4.76. The van der Waals surface area contributed by atoms with Gasteiger partial charge in [-0.05, 0) is 24.7 Å². The molecule has 0 saturated heterocycles. The maximum absolute atomic E-state index is 13.6. The molecule has 0 atom stereocenters. The first-order valence-electron chi connectivity index (χ1n) is 6.29. The summed E-state index contributed by atoms with van der Waals surface area (Å²) in [6.45, 7) is 0.666. The summed E-state index contributed by atoms with van der Waals surface area (Å²) in [5, 5.41) is 5.07. The zero-order valence-electron chi connectivity index (χ0n) is 11.8. The number of nitrogens with zero attached hydrogens (tertiary/aromatic N) is 2. The number of ether oxygens (including phenoxy) is 1. The van der Waals surface area contributed by atoms with Crippen LogP contribution in [0.5, 0.6) is 5.75 Å². The molecule has 0 unspecified atom stereocenters. The molecule has 112 valence electrons. The maximum atomic E-state index is 13.6. The van der Waals surface area contributed by atoms with E-state index >= 15 is 0 Å². The minimum Gasteiger partial charge on any atom is -0.494 e. The summed E-state index contributed by atoms with van der Waals surface area (Å²) in [5.41, 5.74) is 0.776. The molecule has 1 N–H and O–H groups in total. The predicted molar refractivity (Wildman–Crippen MR) is 80.0 cm³/mol. The Bertz CT molecular complexity index is 604. The number of benzene rings is 1. The molecule has 1 aromatic carbocycles. The molecule has 1 amide bonds. The molecule has 1 aromatic heterocycles. The van der Waals surface area contributed by atoms with E-state index in [1.165, 1.54) is 24.5 Å². The Morgan fingerprint density at radius 2 is 2.33 bits per heavy atom. The standard InChI is InChI=1S/C14H16FN3O2S/c1-18(9-13(19)17-14-16-5-6-21-14)8-10-3-4-12(20-2)11(15)7-10/h3-7H,8-9H2,1-2H3,(H,16,17,19). The summed E-state index contributed by atoms with van der Waals surface area (Å²) < 4.78 is 18.5. The lowest BCUT2D eigenvalue weighted by Crippen LogP contribution is -2.29. The summed E-state index contributed by atoms with van der Waals surface area (Å²) >= 11 is 1.36. The molecule has 0 radical (unpaired) electrons. The van der Waals surface area contributed by atoms with Crippen LogP contribution in [-0.4, -0.2) is 36.5 Å². The molecule has 2 rings (SSSR count). The predicted octanol–water partition coefficient (Wildman–Crippen LogP) is 2.36. The van der Waals surface area contributed by atoms with E-state index in [-0.39, 0.29) is 18.2 Å². The number of aromatic nitrogens is 1. The van der Waals surface area contributed by atoms with Crippen molar-refractivity contribution < 1.29 is 13.9 Å². The Morgan fingerprint density at radius 1 is 1.52 bits per heavy atom. The monoisotopic (exact) mass is 309 g/mol. The van der Waals surface area contributed by atoms with E-state index in [2.05, 4.69) is 10.3 Å². The van der Waals surface area contributed by atoms with Gasteiger partial charge in [0.25, 0.3) is 0 Å². The Balaban J connectivity index is 1.87. The van der Waals surface area contributed by atoms with Gasteiger partial charge in [-0.25, -0.2) is 9.37 Å². The molecule has 0 aliphatic rings. The average molecular weight is 309 g/mol.